The van der Waals surface area contributed by atoms with Gasteiger partial charge in [-0.05, 0) is 31.4 Å². The Labute approximate surface area is 123 Å². The number of aromatic amines is 1. The quantitative estimate of drug-likeness (QED) is 0.800. The zero-order valence-electron chi connectivity index (χ0n) is 12.3. The van der Waals surface area contributed by atoms with E-state index in [0.29, 0.717) is 19.4 Å². The molecule has 0 spiro atoms. The van der Waals surface area contributed by atoms with E-state index in [-0.39, 0.29) is 11.9 Å². The first-order valence-corrected chi connectivity index (χ1v) is 7.10. The molecule has 2 aromatic rings. The molecule has 0 fully saturated rings. The minimum Gasteiger partial charge on any atom is -0.464 e. The summed E-state index contributed by atoms with van der Waals surface area (Å²) < 4.78 is 5.00. The zero-order valence-corrected chi connectivity index (χ0v) is 12.3. The molecule has 0 aliphatic rings. The van der Waals surface area contributed by atoms with Gasteiger partial charge in [-0.1, -0.05) is 18.2 Å². The number of aromatic nitrogens is 1. The molecule has 0 aliphatic carbocycles. The van der Waals surface area contributed by atoms with E-state index in [1.54, 1.807) is 6.92 Å². The molecule has 1 amide bonds. The highest BCUT2D eigenvalue weighted by Gasteiger charge is 2.20. The molecular weight excluding hydrogens is 268 g/mol. The lowest BCUT2D eigenvalue weighted by molar-refractivity contribution is -0.147. The predicted molar refractivity (Wildman–Crippen MR) is 80.9 cm³/mol. The summed E-state index contributed by atoms with van der Waals surface area (Å²) in [7, 11) is 0. The number of benzene rings is 1. The summed E-state index contributed by atoms with van der Waals surface area (Å²) in [6, 6.07) is 7.41. The van der Waals surface area contributed by atoms with Crippen LogP contribution in [0, 0.1) is 0 Å². The SMILES string of the molecule is CCOC(=O)[C@H](CCc1c[nH]c2ccccc12)NC(C)=O. The van der Waals surface area contributed by atoms with Gasteiger partial charge in [-0.2, -0.15) is 0 Å². The average Bonchev–Trinajstić information content (AvgIpc) is 2.86. The van der Waals surface area contributed by atoms with Crippen LogP contribution in [0.15, 0.2) is 30.5 Å². The Morgan fingerprint density at radius 1 is 1.33 bits per heavy atom. The Kier molecular flexibility index (Phi) is 4.98. The summed E-state index contributed by atoms with van der Waals surface area (Å²) in [6.07, 6.45) is 3.15. The van der Waals surface area contributed by atoms with E-state index in [9.17, 15) is 9.59 Å². The number of rotatable bonds is 6. The molecule has 2 N–H and O–H groups in total. The zero-order chi connectivity index (χ0) is 15.2. The maximum Gasteiger partial charge on any atom is 0.328 e. The second kappa shape index (κ2) is 6.92. The Bertz CT molecular complexity index is 633. The number of hydrogen-bond acceptors (Lipinski definition) is 3. The summed E-state index contributed by atoms with van der Waals surface area (Å²) in [4.78, 5) is 26.3. The van der Waals surface area contributed by atoms with Gasteiger partial charge in [0.25, 0.3) is 0 Å². The third kappa shape index (κ3) is 3.84. The van der Waals surface area contributed by atoms with Crippen molar-refractivity contribution in [3.8, 4) is 0 Å². The van der Waals surface area contributed by atoms with Crippen LogP contribution in [-0.4, -0.2) is 29.5 Å². The number of aryl methyl sites for hydroxylation is 1. The van der Waals surface area contributed by atoms with Crippen LogP contribution in [0.25, 0.3) is 10.9 Å². The summed E-state index contributed by atoms with van der Waals surface area (Å²) in [5.41, 5.74) is 2.20. The van der Waals surface area contributed by atoms with E-state index < -0.39 is 6.04 Å². The number of ether oxygens (including phenoxy) is 1. The number of hydrogen-bond donors (Lipinski definition) is 2. The first-order chi connectivity index (χ1) is 10.1. The maximum absolute atomic E-state index is 11.9. The third-order valence-electron chi connectivity index (χ3n) is 3.33. The Balaban J connectivity index is 2.07. The highest BCUT2D eigenvalue weighted by molar-refractivity contribution is 5.84. The topological polar surface area (TPSA) is 71.2 Å². The number of H-pyrrole nitrogens is 1. The van der Waals surface area contributed by atoms with Crippen LogP contribution >= 0.6 is 0 Å². The van der Waals surface area contributed by atoms with Crippen molar-refractivity contribution in [2.24, 2.45) is 0 Å². The second-order valence-electron chi connectivity index (χ2n) is 4.90. The van der Waals surface area contributed by atoms with Crippen molar-refractivity contribution in [3.63, 3.8) is 0 Å². The molecule has 1 heterocycles. The normalized spacial score (nSPS) is 12.1. The number of nitrogens with one attached hydrogen (secondary N) is 2. The number of para-hydroxylation sites is 1. The molecule has 1 aromatic heterocycles. The van der Waals surface area contributed by atoms with Gasteiger partial charge in [-0.3, -0.25) is 4.79 Å². The van der Waals surface area contributed by atoms with Crippen LogP contribution in [0.5, 0.6) is 0 Å². The Morgan fingerprint density at radius 3 is 2.81 bits per heavy atom. The Morgan fingerprint density at radius 2 is 2.10 bits per heavy atom. The average molecular weight is 288 g/mol. The lowest BCUT2D eigenvalue weighted by Crippen LogP contribution is -2.41. The molecule has 112 valence electrons. The van der Waals surface area contributed by atoms with Gasteiger partial charge in [0.2, 0.25) is 5.91 Å². The van der Waals surface area contributed by atoms with Crippen molar-refractivity contribution in [2.75, 3.05) is 6.61 Å². The van der Waals surface area contributed by atoms with Gasteiger partial charge in [0, 0.05) is 24.0 Å². The smallest absolute Gasteiger partial charge is 0.328 e. The molecule has 5 heteroatoms. The van der Waals surface area contributed by atoms with Crippen molar-refractivity contribution in [3.05, 3.63) is 36.0 Å². The van der Waals surface area contributed by atoms with Gasteiger partial charge in [0.1, 0.15) is 6.04 Å². The molecule has 0 radical (unpaired) electrons. The molecule has 1 aromatic carbocycles. The molecule has 0 bridgehead atoms. The van der Waals surface area contributed by atoms with Gasteiger partial charge in [0.15, 0.2) is 0 Å². The molecule has 0 aliphatic heterocycles. The van der Waals surface area contributed by atoms with Crippen LogP contribution < -0.4 is 5.32 Å². The first-order valence-electron chi connectivity index (χ1n) is 7.10. The summed E-state index contributed by atoms with van der Waals surface area (Å²) >= 11 is 0. The first kappa shape index (κ1) is 15.1. The monoisotopic (exact) mass is 288 g/mol. The molecule has 5 nitrogen and oxygen atoms in total. The van der Waals surface area contributed by atoms with Crippen LogP contribution in [0.1, 0.15) is 25.8 Å². The van der Waals surface area contributed by atoms with Gasteiger partial charge in [0.05, 0.1) is 6.61 Å². The van der Waals surface area contributed by atoms with E-state index >= 15 is 0 Å². The largest absolute Gasteiger partial charge is 0.464 e. The standard InChI is InChI=1S/C16H20N2O3/c1-3-21-16(20)15(18-11(2)19)9-8-12-10-17-14-7-5-4-6-13(12)14/h4-7,10,15,17H,3,8-9H2,1-2H3,(H,18,19)/t15-/m0/s1. The summed E-state index contributed by atoms with van der Waals surface area (Å²) in [5.74, 6) is -0.612. The highest BCUT2D eigenvalue weighted by Crippen LogP contribution is 2.19. The number of carbonyl (C=O) groups is 2. The lowest BCUT2D eigenvalue weighted by Gasteiger charge is -2.16. The van der Waals surface area contributed by atoms with E-state index in [0.717, 1.165) is 16.5 Å². The fraction of sp³-hybridized carbons (Fsp3) is 0.375. The lowest BCUT2D eigenvalue weighted by atomic mass is 10.0. The molecule has 1 atom stereocenters. The third-order valence-corrected chi connectivity index (χ3v) is 3.33. The van der Waals surface area contributed by atoms with E-state index in [2.05, 4.69) is 10.3 Å². The van der Waals surface area contributed by atoms with E-state index in [1.807, 2.05) is 30.5 Å². The van der Waals surface area contributed by atoms with Crippen molar-refractivity contribution >= 4 is 22.8 Å². The predicted octanol–water partition coefficient (Wildman–Crippen LogP) is 2.17. The fourth-order valence-electron chi connectivity index (χ4n) is 2.38. The summed E-state index contributed by atoms with van der Waals surface area (Å²) in [5, 5.41) is 3.79. The fourth-order valence-corrected chi connectivity index (χ4v) is 2.38. The van der Waals surface area contributed by atoms with Gasteiger partial charge in [-0.15, -0.1) is 0 Å². The van der Waals surface area contributed by atoms with Crippen molar-refractivity contribution < 1.29 is 14.3 Å². The summed E-state index contributed by atoms with van der Waals surface area (Å²) in [6.45, 7) is 3.46. The molecule has 0 saturated carbocycles. The minimum absolute atomic E-state index is 0.230. The molecule has 21 heavy (non-hydrogen) atoms. The van der Waals surface area contributed by atoms with Crippen LogP contribution in [0.4, 0.5) is 0 Å². The van der Waals surface area contributed by atoms with Gasteiger partial charge >= 0.3 is 5.97 Å². The molecule has 2 rings (SSSR count). The van der Waals surface area contributed by atoms with E-state index in [1.165, 1.54) is 6.92 Å². The van der Waals surface area contributed by atoms with E-state index in [4.69, 9.17) is 4.74 Å². The minimum atomic E-state index is -0.601. The van der Waals surface area contributed by atoms with Gasteiger partial charge in [-0.25, -0.2) is 4.79 Å². The Hall–Kier alpha value is -2.30. The number of amides is 1. The number of carbonyl (C=O) groups excluding carboxylic acids is 2. The molecule has 0 saturated heterocycles. The van der Waals surface area contributed by atoms with Crippen molar-refractivity contribution in [1.82, 2.24) is 10.3 Å². The van der Waals surface area contributed by atoms with Crippen LogP contribution in [-0.2, 0) is 20.7 Å². The molecule has 0 unspecified atom stereocenters. The van der Waals surface area contributed by atoms with Crippen molar-refractivity contribution in [1.29, 1.82) is 0 Å². The number of fused-ring (bicyclic) bond motifs is 1. The van der Waals surface area contributed by atoms with Crippen LogP contribution in [0.3, 0.4) is 0 Å². The highest BCUT2D eigenvalue weighted by atomic mass is 16.5. The second-order valence-corrected chi connectivity index (χ2v) is 4.90. The van der Waals surface area contributed by atoms with Gasteiger partial charge < -0.3 is 15.0 Å². The molecular formula is C16H20N2O3. The number of esters is 1. The van der Waals surface area contributed by atoms with Crippen molar-refractivity contribution in [2.45, 2.75) is 32.7 Å². The maximum atomic E-state index is 11.9. The van der Waals surface area contributed by atoms with Crippen LogP contribution in [0.2, 0.25) is 0 Å².